The summed E-state index contributed by atoms with van der Waals surface area (Å²) in [4.78, 5) is 4.50. The minimum atomic E-state index is 0.579. The van der Waals surface area contributed by atoms with Crippen molar-refractivity contribution in [3.05, 3.63) is 0 Å². The number of nitrogens with one attached hydrogen (secondary N) is 1. The van der Waals surface area contributed by atoms with Crippen LogP contribution in [0.5, 0.6) is 0 Å². The van der Waals surface area contributed by atoms with Gasteiger partial charge in [0.1, 0.15) is 0 Å². The van der Waals surface area contributed by atoms with Crippen LogP contribution in [-0.2, 0) is 0 Å². The van der Waals surface area contributed by atoms with Crippen LogP contribution >= 0.6 is 0 Å². The molecule has 2 heterocycles. The normalized spacial score (nSPS) is 29.0. The maximum Gasteiger partial charge on any atom is 0.0449 e. The van der Waals surface area contributed by atoms with E-state index in [0.717, 1.165) is 6.54 Å². The monoisotopic (exact) mass is 152 g/mol. The Morgan fingerprint density at radius 2 is 2.09 bits per heavy atom. The Balaban J connectivity index is 2.01. The van der Waals surface area contributed by atoms with Crippen molar-refractivity contribution in [3.8, 4) is 0 Å². The van der Waals surface area contributed by atoms with Gasteiger partial charge in [0.15, 0.2) is 0 Å². The summed E-state index contributed by atoms with van der Waals surface area (Å²) in [6, 6.07) is 0. The highest BCUT2D eigenvalue weighted by Gasteiger charge is 2.35. The fraction of sp³-hybridized carbons (Fsp3) is 0.889. The van der Waals surface area contributed by atoms with Crippen LogP contribution in [0.1, 0.15) is 26.2 Å². The molecular weight excluding hydrogens is 136 g/mol. The first kappa shape index (κ1) is 7.29. The van der Waals surface area contributed by atoms with Crippen molar-refractivity contribution in [2.45, 2.75) is 26.2 Å². The molecule has 0 atom stereocenters. The van der Waals surface area contributed by atoms with E-state index in [1.807, 2.05) is 0 Å². The summed E-state index contributed by atoms with van der Waals surface area (Å²) in [5.74, 6) is 0. The van der Waals surface area contributed by atoms with Crippen molar-refractivity contribution in [1.82, 2.24) is 5.32 Å². The first-order chi connectivity index (χ1) is 5.31. The summed E-state index contributed by atoms with van der Waals surface area (Å²) in [6.07, 6.45) is 3.91. The maximum atomic E-state index is 4.50. The molecule has 62 valence electrons. The first-order valence-corrected chi connectivity index (χ1v) is 4.51. The minimum absolute atomic E-state index is 0.579. The molecular formula is C9H16N2. The van der Waals surface area contributed by atoms with Gasteiger partial charge in [0.2, 0.25) is 0 Å². The number of rotatable bonds is 0. The van der Waals surface area contributed by atoms with Crippen LogP contribution in [0.3, 0.4) is 0 Å². The van der Waals surface area contributed by atoms with Gasteiger partial charge in [-0.25, -0.2) is 0 Å². The average molecular weight is 152 g/mol. The SMILES string of the molecule is CC1=NCC2(CCNCC2)C1. The molecule has 0 aromatic carbocycles. The third kappa shape index (κ3) is 1.32. The molecule has 0 amide bonds. The van der Waals surface area contributed by atoms with Crippen molar-refractivity contribution in [2.24, 2.45) is 10.4 Å². The van der Waals surface area contributed by atoms with Crippen LogP contribution < -0.4 is 5.32 Å². The molecule has 1 saturated heterocycles. The Morgan fingerprint density at radius 1 is 1.36 bits per heavy atom. The molecule has 2 aliphatic heterocycles. The van der Waals surface area contributed by atoms with Gasteiger partial charge in [-0.2, -0.15) is 0 Å². The van der Waals surface area contributed by atoms with Crippen LogP contribution in [0.4, 0.5) is 0 Å². The lowest BCUT2D eigenvalue weighted by molar-refractivity contribution is 0.235. The molecule has 2 nitrogen and oxygen atoms in total. The van der Waals surface area contributed by atoms with Gasteiger partial charge in [-0.3, -0.25) is 4.99 Å². The molecule has 0 aromatic rings. The quantitative estimate of drug-likeness (QED) is 0.554. The lowest BCUT2D eigenvalue weighted by atomic mass is 9.77. The predicted molar refractivity (Wildman–Crippen MR) is 47.1 cm³/mol. The molecule has 2 heteroatoms. The zero-order valence-corrected chi connectivity index (χ0v) is 7.19. The van der Waals surface area contributed by atoms with Crippen LogP contribution in [0.2, 0.25) is 0 Å². The summed E-state index contributed by atoms with van der Waals surface area (Å²) >= 11 is 0. The Hall–Kier alpha value is -0.370. The highest BCUT2D eigenvalue weighted by molar-refractivity contribution is 5.84. The first-order valence-electron chi connectivity index (χ1n) is 4.51. The Morgan fingerprint density at radius 3 is 2.64 bits per heavy atom. The fourth-order valence-electron chi connectivity index (χ4n) is 2.25. The molecule has 11 heavy (non-hydrogen) atoms. The van der Waals surface area contributed by atoms with Crippen LogP contribution in [0.25, 0.3) is 0 Å². The van der Waals surface area contributed by atoms with E-state index in [-0.39, 0.29) is 0 Å². The van der Waals surface area contributed by atoms with Crippen LogP contribution in [-0.4, -0.2) is 25.3 Å². The van der Waals surface area contributed by atoms with E-state index in [1.165, 1.54) is 38.1 Å². The smallest absolute Gasteiger partial charge is 0.0449 e. The summed E-state index contributed by atoms with van der Waals surface area (Å²) in [5, 5.41) is 3.40. The second-order valence-corrected chi connectivity index (χ2v) is 3.98. The molecule has 2 rings (SSSR count). The lowest BCUT2D eigenvalue weighted by Crippen LogP contribution is -2.37. The summed E-state index contributed by atoms with van der Waals surface area (Å²) in [6.45, 7) is 5.66. The number of hydrogen-bond acceptors (Lipinski definition) is 2. The van der Waals surface area contributed by atoms with Crippen molar-refractivity contribution in [2.75, 3.05) is 19.6 Å². The van der Waals surface area contributed by atoms with E-state index in [9.17, 15) is 0 Å². The van der Waals surface area contributed by atoms with E-state index in [4.69, 9.17) is 0 Å². The summed E-state index contributed by atoms with van der Waals surface area (Å²) < 4.78 is 0. The fourth-order valence-corrected chi connectivity index (χ4v) is 2.25. The van der Waals surface area contributed by atoms with Gasteiger partial charge in [-0.05, 0) is 44.7 Å². The van der Waals surface area contributed by atoms with Crippen molar-refractivity contribution in [1.29, 1.82) is 0 Å². The molecule has 0 unspecified atom stereocenters. The second-order valence-electron chi connectivity index (χ2n) is 3.98. The van der Waals surface area contributed by atoms with E-state index in [0.29, 0.717) is 5.41 Å². The van der Waals surface area contributed by atoms with Gasteiger partial charge in [-0.15, -0.1) is 0 Å². The van der Waals surface area contributed by atoms with E-state index in [1.54, 1.807) is 0 Å². The van der Waals surface area contributed by atoms with Crippen molar-refractivity contribution in [3.63, 3.8) is 0 Å². The topological polar surface area (TPSA) is 24.4 Å². The summed E-state index contributed by atoms with van der Waals surface area (Å²) in [5.41, 5.74) is 1.95. The zero-order valence-electron chi connectivity index (χ0n) is 7.19. The molecule has 0 saturated carbocycles. The Kier molecular flexibility index (Phi) is 1.72. The maximum absolute atomic E-state index is 4.50. The van der Waals surface area contributed by atoms with E-state index < -0.39 is 0 Å². The minimum Gasteiger partial charge on any atom is -0.317 e. The van der Waals surface area contributed by atoms with Gasteiger partial charge in [0, 0.05) is 12.3 Å². The third-order valence-corrected chi connectivity index (χ3v) is 2.98. The van der Waals surface area contributed by atoms with Gasteiger partial charge in [0.25, 0.3) is 0 Å². The molecule has 0 aromatic heterocycles. The molecule has 1 N–H and O–H groups in total. The standard InChI is InChI=1S/C9H16N2/c1-8-6-9(7-11-8)2-4-10-5-3-9/h10H,2-7H2,1H3. The molecule has 0 bridgehead atoms. The number of nitrogens with zero attached hydrogens (tertiary/aromatic N) is 1. The third-order valence-electron chi connectivity index (χ3n) is 2.98. The molecule has 0 aliphatic carbocycles. The van der Waals surface area contributed by atoms with E-state index in [2.05, 4.69) is 17.2 Å². The van der Waals surface area contributed by atoms with Gasteiger partial charge in [-0.1, -0.05) is 0 Å². The largest absolute Gasteiger partial charge is 0.317 e. The van der Waals surface area contributed by atoms with Crippen molar-refractivity contribution < 1.29 is 0 Å². The average Bonchev–Trinajstić information content (AvgIpc) is 2.34. The molecule has 1 spiro atoms. The number of aliphatic imine (C=N–C) groups is 1. The van der Waals surface area contributed by atoms with Gasteiger partial charge < -0.3 is 5.32 Å². The molecule has 0 radical (unpaired) electrons. The van der Waals surface area contributed by atoms with E-state index >= 15 is 0 Å². The van der Waals surface area contributed by atoms with Gasteiger partial charge in [0.05, 0.1) is 0 Å². The zero-order chi connectivity index (χ0) is 7.73. The van der Waals surface area contributed by atoms with Crippen LogP contribution in [0.15, 0.2) is 4.99 Å². The lowest BCUT2D eigenvalue weighted by Gasteiger charge is -2.32. The highest BCUT2D eigenvalue weighted by atomic mass is 14.9. The predicted octanol–water partition coefficient (Wildman–Crippen LogP) is 1.22. The second kappa shape index (κ2) is 2.59. The number of piperidine rings is 1. The molecule has 1 fully saturated rings. The van der Waals surface area contributed by atoms with Crippen molar-refractivity contribution >= 4 is 5.71 Å². The Labute approximate surface area is 68.1 Å². The highest BCUT2D eigenvalue weighted by Crippen LogP contribution is 2.37. The van der Waals surface area contributed by atoms with Crippen LogP contribution in [0, 0.1) is 5.41 Å². The Bertz CT molecular complexity index is 178. The molecule has 2 aliphatic rings. The summed E-state index contributed by atoms with van der Waals surface area (Å²) in [7, 11) is 0. The number of hydrogen-bond donors (Lipinski definition) is 1. The van der Waals surface area contributed by atoms with Gasteiger partial charge >= 0.3 is 0 Å².